The minimum absolute atomic E-state index is 0.0261. The molecule has 1 aliphatic heterocycles. The van der Waals surface area contributed by atoms with Crippen molar-refractivity contribution >= 4 is 17.4 Å². The van der Waals surface area contributed by atoms with Crippen molar-refractivity contribution in [2.24, 2.45) is 0 Å². The molecule has 164 valence electrons. The van der Waals surface area contributed by atoms with Crippen molar-refractivity contribution in [1.29, 1.82) is 0 Å². The van der Waals surface area contributed by atoms with Gasteiger partial charge in [0.05, 0.1) is 17.7 Å². The third-order valence-electron chi connectivity index (χ3n) is 5.14. The Hall–Kier alpha value is -3.12. The fourth-order valence-corrected chi connectivity index (χ4v) is 3.80. The Morgan fingerprint density at radius 3 is 2.45 bits per heavy atom. The summed E-state index contributed by atoms with van der Waals surface area (Å²) in [6, 6.07) is 13.9. The number of ketones is 1. The number of ether oxygens (including phenoxy) is 2. The Morgan fingerprint density at radius 2 is 1.84 bits per heavy atom. The number of Topliss-reactive ketones (excluding diaryl/α,β-unsaturated/α-hetero) is 1. The maximum Gasteiger partial charge on any atom is 0.295 e. The highest BCUT2D eigenvalue weighted by Crippen LogP contribution is 2.39. The van der Waals surface area contributed by atoms with Crippen LogP contribution in [0.25, 0.3) is 5.76 Å². The molecule has 2 aromatic rings. The number of aliphatic hydroxyl groups is 1. The summed E-state index contributed by atoms with van der Waals surface area (Å²) in [7, 11) is 1.60. The molecule has 0 radical (unpaired) electrons. The van der Waals surface area contributed by atoms with Crippen molar-refractivity contribution in [2.75, 3.05) is 20.3 Å². The van der Waals surface area contributed by atoms with E-state index in [0.717, 1.165) is 11.1 Å². The Bertz CT molecular complexity index is 978. The van der Waals surface area contributed by atoms with Crippen molar-refractivity contribution in [3.05, 3.63) is 70.8 Å². The molecule has 1 saturated heterocycles. The highest BCUT2D eigenvalue weighted by molar-refractivity contribution is 6.46. The lowest BCUT2D eigenvalue weighted by Gasteiger charge is -2.25. The summed E-state index contributed by atoms with van der Waals surface area (Å²) in [6.07, 6.45) is 0.616. The van der Waals surface area contributed by atoms with Crippen molar-refractivity contribution in [3.8, 4) is 5.75 Å². The van der Waals surface area contributed by atoms with Gasteiger partial charge in [0.2, 0.25) is 0 Å². The molecule has 0 spiro atoms. The molecule has 6 heteroatoms. The first-order valence-electron chi connectivity index (χ1n) is 10.4. The van der Waals surface area contributed by atoms with Crippen LogP contribution >= 0.6 is 0 Å². The Balaban J connectivity index is 2.06. The van der Waals surface area contributed by atoms with Crippen LogP contribution in [-0.4, -0.2) is 48.1 Å². The average molecular weight is 424 g/mol. The number of carbonyl (C=O) groups is 2. The van der Waals surface area contributed by atoms with E-state index in [4.69, 9.17) is 9.47 Å². The number of nitrogens with zero attached hydrogens (tertiary/aromatic N) is 1. The highest BCUT2D eigenvalue weighted by Gasteiger charge is 2.45. The number of aliphatic hydroxyl groups excluding tert-OH is 1. The summed E-state index contributed by atoms with van der Waals surface area (Å²) >= 11 is 0. The van der Waals surface area contributed by atoms with E-state index < -0.39 is 17.7 Å². The van der Waals surface area contributed by atoms with Gasteiger partial charge < -0.3 is 19.5 Å². The van der Waals surface area contributed by atoms with Crippen LogP contribution in [0.2, 0.25) is 0 Å². The van der Waals surface area contributed by atoms with E-state index in [1.54, 1.807) is 31.4 Å². The lowest BCUT2D eigenvalue weighted by atomic mass is 9.94. The molecule has 6 nitrogen and oxygen atoms in total. The number of rotatable bonds is 8. The number of methoxy groups -OCH3 is 1. The first kappa shape index (κ1) is 22.6. The maximum absolute atomic E-state index is 13.0. The van der Waals surface area contributed by atoms with E-state index in [1.165, 1.54) is 4.90 Å². The van der Waals surface area contributed by atoms with Gasteiger partial charge in [-0.25, -0.2) is 0 Å². The number of amides is 1. The second-order valence-electron chi connectivity index (χ2n) is 7.94. The standard InChI is InChI=1S/C25H29NO5/c1-16(2)31-20-11-9-18(10-12-20)23(27)21-22(19-8-5-7-17(3)15-19)26(13-6-14-30-4)25(29)24(21)28/h5,7-12,15-16,22,27H,6,13-14H2,1-4H3/b23-21-. The van der Waals surface area contributed by atoms with E-state index in [1.807, 2.05) is 45.0 Å². The normalized spacial score (nSPS) is 18.1. The molecular weight excluding hydrogens is 394 g/mol. The molecule has 0 aromatic heterocycles. The smallest absolute Gasteiger partial charge is 0.295 e. The molecule has 0 aliphatic carbocycles. The van der Waals surface area contributed by atoms with Crippen LogP contribution in [0.5, 0.6) is 5.75 Å². The van der Waals surface area contributed by atoms with Crippen molar-refractivity contribution < 1.29 is 24.2 Å². The zero-order chi connectivity index (χ0) is 22.5. The number of hydrogen-bond acceptors (Lipinski definition) is 5. The molecule has 3 rings (SSSR count). The minimum atomic E-state index is -0.677. The summed E-state index contributed by atoms with van der Waals surface area (Å²) in [5.41, 5.74) is 2.36. The Kier molecular flexibility index (Phi) is 7.13. The van der Waals surface area contributed by atoms with Gasteiger partial charge in [-0.3, -0.25) is 9.59 Å². The van der Waals surface area contributed by atoms with Gasteiger partial charge in [0.15, 0.2) is 0 Å². The lowest BCUT2D eigenvalue weighted by molar-refractivity contribution is -0.140. The third kappa shape index (κ3) is 4.97. The number of aryl methyl sites for hydroxylation is 1. The van der Waals surface area contributed by atoms with E-state index >= 15 is 0 Å². The van der Waals surface area contributed by atoms with Gasteiger partial charge in [-0.15, -0.1) is 0 Å². The molecule has 1 N–H and O–H groups in total. The molecule has 31 heavy (non-hydrogen) atoms. The lowest BCUT2D eigenvalue weighted by Crippen LogP contribution is -2.31. The van der Waals surface area contributed by atoms with Crippen LogP contribution in [0.1, 0.15) is 43.0 Å². The van der Waals surface area contributed by atoms with Gasteiger partial charge in [0, 0.05) is 25.8 Å². The van der Waals surface area contributed by atoms with Gasteiger partial charge in [-0.1, -0.05) is 29.8 Å². The number of likely N-dealkylation sites (tertiary alicyclic amines) is 1. The Labute approximate surface area is 183 Å². The summed E-state index contributed by atoms with van der Waals surface area (Å²) in [5, 5.41) is 11.1. The molecule has 0 saturated carbocycles. The molecule has 1 atom stereocenters. The predicted octanol–water partition coefficient (Wildman–Crippen LogP) is 4.24. The summed E-state index contributed by atoms with van der Waals surface area (Å²) in [6.45, 7) is 6.64. The summed E-state index contributed by atoms with van der Waals surface area (Å²) < 4.78 is 10.8. The predicted molar refractivity (Wildman–Crippen MR) is 119 cm³/mol. The molecule has 0 bridgehead atoms. The molecule has 1 unspecified atom stereocenters. The van der Waals surface area contributed by atoms with Crippen LogP contribution in [0.4, 0.5) is 0 Å². The molecular formula is C25H29NO5. The van der Waals surface area contributed by atoms with Gasteiger partial charge in [0.1, 0.15) is 11.5 Å². The molecule has 1 aliphatic rings. The van der Waals surface area contributed by atoms with Crippen LogP contribution in [0.3, 0.4) is 0 Å². The Morgan fingerprint density at radius 1 is 1.13 bits per heavy atom. The third-order valence-corrected chi connectivity index (χ3v) is 5.14. The van der Waals surface area contributed by atoms with Gasteiger partial charge in [-0.2, -0.15) is 0 Å². The molecule has 1 amide bonds. The minimum Gasteiger partial charge on any atom is -0.507 e. The van der Waals surface area contributed by atoms with Crippen LogP contribution in [-0.2, 0) is 14.3 Å². The van der Waals surface area contributed by atoms with E-state index in [9.17, 15) is 14.7 Å². The topological polar surface area (TPSA) is 76.1 Å². The summed E-state index contributed by atoms with van der Waals surface area (Å²) in [4.78, 5) is 27.4. The first-order chi connectivity index (χ1) is 14.8. The zero-order valence-corrected chi connectivity index (χ0v) is 18.4. The second-order valence-corrected chi connectivity index (χ2v) is 7.94. The monoisotopic (exact) mass is 423 g/mol. The van der Waals surface area contributed by atoms with Gasteiger partial charge in [0.25, 0.3) is 11.7 Å². The molecule has 1 heterocycles. The molecule has 1 fully saturated rings. The number of benzene rings is 2. The van der Waals surface area contributed by atoms with Gasteiger partial charge in [-0.05, 0) is 57.0 Å². The second kappa shape index (κ2) is 9.79. The quantitative estimate of drug-likeness (QED) is 0.297. The van der Waals surface area contributed by atoms with Crippen LogP contribution in [0.15, 0.2) is 54.1 Å². The summed E-state index contributed by atoms with van der Waals surface area (Å²) in [5.74, 6) is -0.801. The fraction of sp³-hybridized carbons (Fsp3) is 0.360. The number of carbonyl (C=O) groups excluding carboxylic acids is 2. The van der Waals surface area contributed by atoms with E-state index in [-0.39, 0.29) is 17.4 Å². The highest BCUT2D eigenvalue weighted by atomic mass is 16.5. The van der Waals surface area contributed by atoms with Crippen molar-refractivity contribution in [1.82, 2.24) is 4.90 Å². The van der Waals surface area contributed by atoms with Gasteiger partial charge >= 0.3 is 0 Å². The average Bonchev–Trinajstić information content (AvgIpc) is 2.98. The van der Waals surface area contributed by atoms with Crippen LogP contribution in [0, 0.1) is 6.92 Å². The SMILES string of the molecule is COCCCN1C(=O)C(=O)/C(=C(\O)c2ccc(OC(C)C)cc2)C1c1cccc(C)c1. The first-order valence-corrected chi connectivity index (χ1v) is 10.4. The van der Waals surface area contributed by atoms with Crippen molar-refractivity contribution in [3.63, 3.8) is 0 Å². The van der Waals surface area contributed by atoms with E-state index in [0.29, 0.717) is 30.9 Å². The van der Waals surface area contributed by atoms with E-state index in [2.05, 4.69) is 0 Å². The molecule has 2 aromatic carbocycles. The van der Waals surface area contributed by atoms with Crippen molar-refractivity contribution in [2.45, 2.75) is 39.3 Å². The maximum atomic E-state index is 13.0. The number of hydrogen-bond donors (Lipinski definition) is 1. The van der Waals surface area contributed by atoms with Crippen LogP contribution < -0.4 is 4.74 Å². The largest absolute Gasteiger partial charge is 0.507 e. The fourth-order valence-electron chi connectivity index (χ4n) is 3.80. The zero-order valence-electron chi connectivity index (χ0n) is 18.4.